The molecule has 0 aliphatic heterocycles. The molecular weight excluding hydrogens is 319 g/mol. The maximum Gasteiger partial charge on any atom is 0.512 e. The molecule has 0 spiro atoms. The molecule has 0 aliphatic carbocycles. The molecule has 0 saturated heterocycles. The summed E-state index contributed by atoms with van der Waals surface area (Å²) in [6.45, 7) is 0. The van der Waals surface area contributed by atoms with Gasteiger partial charge in [0.2, 0.25) is 11.8 Å². The van der Waals surface area contributed by atoms with Gasteiger partial charge < -0.3 is 19.3 Å². The predicted molar refractivity (Wildman–Crippen MR) is 56.5 cm³/mol. The summed E-state index contributed by atoms with van der Waals surface area (Å²) in [6.07, 6.45) is -1.46. The Bertz CT molecular complexity index is 384. The van der Waals surface area contributed by atoms with Crippen LogP contribution < -0.4 is 14.2 Å². The number of carboxylic acid groups (broad SMARTS) is 1. The maximum absolute atomic E-state index is 10.4. The molecular formula is C7H7IN2O5. The van der Waals surface area contributed by atoms with Gasteiger partial charge in [0.05, 0.1) is 14.2 Å². The molecule has 0 atom stereocenters. The number of methoxy groups -OCH3 is 2. The molecule has 7 nitrogen and oxygen atoms in total. The van der Waals surface area contributed by atoms with Crippen LogP contribution in [0, 0.1) is 3.57 Å². The van der Waals surface area contributed by atoms with Crippen molar-refractivity contribution >= 4 is 28.7 Å². The fourth-order valence-corrected chi connectivity index (χ4v) is 1.34. The van der Waals surface area contributed by atoms with Gasteiger partial charge in [0.25, 0.3) is 0 Å². The van der Waals surface area contributed by atoms with Gasteiger partial charge >= 0.3 is 12.2 Å². The van der Waals surface area contributed by atoms with Crippen LogP contribution in [0.4, 0.5) is 4.79 Å². The molecule has 8 heteroatoms. The SMILES string of the molecule is COc1nc(OC)c(I)c(OC(=O)O)n1. The zero-order valence-electron chi connectivity index (χ0n) is 7.85. The molecule has 0 radical (unpaired) electrons. The normalized spacial score (nSPS) is 9.53. The van der Waals surface area contributed by atoms with Crippen LogP contribution in [0.5, 0.6) is 17.8 Å². The lowest BCUT2D eigenvalue weighted by Crippen LogP contribution is -2.08. The molecule has 0 aliphatic rings. The van der Waals surface area contributed by atoms with Crippen molar-refractivity contribution in [2.45, 2.75) is 0 Å². The van der Waals surface area contributed by atoms with Gasteiger partial charge in [-0.3, -0.25) is 0 Å². The van der Waals surface area contributed by atoms with Crippen molar-refractivity contribution in [1.82, 2.24) is 9.97 Å². The molecule has 1 N–H and O–H groups in total. The second kappa shape index (κ2) is 4.96. The summed E-state index contributed by atoms with van der Waals surface area (Å²) in [7, 11) is 2.75. The molecule has 1 aromatic rings. The van der Waals surface area contributed by atoms with Crippen molar-refractivity contribution in [3.05, 3.63) is 3.57 Å². The summed E-state index contributed by atoms with van der Waals surface area (Å²) in [6, 6.07) is -0.0245. The van der Waals surface area contributed by atoms with Gasteiger partial charge in [-0.2, -0.15) is 9.97 Å². The minimum atomic E-state index is -1.46. The van der Waals surface area contributed by atoms with Crippen LogP contribution >= 0.6 is 22.6 Å². The molecule has 1 rings (SSSR count). The maximum atomic E-state index is 10.4. The lowest BCUT2D eigenvalue weighted by molar-refractivity contribution is 0.141. The number of hydrogen-bond acceptors (Lipinski definition) is 6. The van der Waals surface area contributed by atoms with Crippen LogP contribution in [0.2, 0.25) is 0 Å². The van der Waals surface area contributed by atoms with Crippen LogP contribution in [0.15, 0.2) is 0 Å². The summed E-state index contributed by atoms with van der Waals surface area (Å²) in [4.78, 5) is 17.9. The molecule has 15 heavy (non-hydrogen) atoms. The molecule has 0 amide bonds. The standard InChI is InChI=1S/C7H7IN2O5/c1-13-4-3(8)5(15-7(11)12)10-6(9-4)14-2/h1-2H3,(H,11,12). The highest BCUT2D eigenvalue weighted by Crippen LogP contribution is 2.28. The highest BCUT2D eigenvalue weighted by atomic mass is 127. The summed E-state index contributed by atoms with van der Waals surface area (Å²) >= 11 is 1.81. The van der Waals surface area contributed by atoms with Gasteiger partial charge in [0, 0.05) is 0 Å². The zero-order chi connectivity index (χ0) is 11.4. The summed E-state index contributed by atoms with van der Waals surface area (Å²) in [5, 5.41) is 8.45. The Morgan fingerprint density at radius 2 is 1.87 bits per heavy atom. The lowest BCUT2D eigenvalue weighted by Gasteiger charge is -2.07. The number of ether oxygens (including phenoxy) is 3. The number of rotatable bonds is 3. The summed E-state index contributed by atoms with van der Waals surface area (Å²) in [5.74, 6) is 0.0745. The minimum absolute atomic E-state index is 0.0245. The highest BCUT2D eigenvalue weighted by molar-refractivity contribution is 14.1. The van der Waals surface area contributed by atoms with E-state index in [2.05, 4.69) is 14.7 Å². The Labute approximate surface area is 98.5 Å². The van der Waals surface area contributed by atoms with Gasteiger partial charge in [-0.15, -0.1) is 0 Å². The van der Waals surface area contributed by atoms with Gasteiger partial charge in [0.15, 0.2) is 0 Å². The van der Waals surface area contributed by atoms with E-state index in [0.29, 0.717) is 3.57 Å². The first-order valence-corrected chi connectivity index (χ1v) is 4.72. The van der Waals surface area contributed by atoms with E-state index in [4.69, 9.17) is 14.6 Å². The first-order chi connectivity index (χ1) is 7.08. The third kappa shape index (κ3) is 2.81. The molecule has 0 aromatic carbocycles. The van der Waals surface area contributed by atoms with E-state index in [1.54, 1.807) is 0 Å². The quantitative estimate of drug-likeness (QED) is 0.658. The fraction of sp³-hybridized carbons (Fsp3) is 0.286. The monoisotopic (exact) mass is 326 g/mol. The van der Waals surface area contributed by atoms with E-state index in [-0.39, 0.29) is 17.8 Å². The second-order valence-electron chi connectivity index (χ2n) is 2.21. The molecule has 0 unspecified atom stereocenters. The lowest BCUT2D eigenvalue weighted by atomic mass is 10.6. The molecule has 82 valence electrons. The van der Waals surface area contributed by atoms with E-state index in [9.17, 15) is 4.79 Å². The Kier molecular flexibility index (Phi) is 3.88. The van der Waals surface area contributed by atoms with E-state index in [1.807, 2.05) is 22.6 Å². The van der Waals surface area contributed by atoms with Crippen LogP contribution in [0.1, 0.15) is 0 Å². The topological polar surface area (TPSA) is 90.8 Å². The summed E-state index contributed by atoms with van der Waals surface area (Å²) in [5.41, 5.74) is 0. The average Bonchev–Trinajstić information content (AvgIpc) is 2.20. The number of hydrogen-bond donors (Lipinski definition) is 1. The van der Waals surface area contributed by atoms with Crippen molar-refractivity contribution in [3.63, 3.8) is 0 Å². The van der Waals surface area contributed by atoms with Crippen molar-refractivity contribution in [2.24, 2.45) is 0 Å². The first-order valence-electron chi connectivity index (χ1n) is 3.64. The number of nitrogens with zero attached hydrogens (tertiary/aromatic N) is 2. The molecule has 1 heterocycles. The van der Waals surface area contributed by atoms with Gasteiger partial charge in [-0.25, -0.2) is 4.79 Å². The Hall–Kier alpha value is -1.32. The van der Waals surface area contributed by atoms with E-state index in [1.165, 1.54) is 14.2 Å². The van der Waals surface area contributed by atoms with Gasteiger partial charge in [0.1, 0.15) is 3.57 Å². The third-order valence-electron chi connectivity index (χ3n) is 1.33. The Balaban J connectivity index is 3.17. The number of halogens is 1. The van der Waals surface area contributed by atoms with Crippen molar-refractivity contribution in [2.75, 3.05) is 14.2 Å². The predicted octanol–water partition coefficient (Wildman–Crippen LogP) is 1.16. The van der Waals surface area contributed by atoms with E-state index >= 15 is 0 Å². The van der Waals surface area contributed by atoms with Crippen LogP contribution in [0.3, 0.4) is 0 Å². The number of aromatic nitrogens is 2. The smallest absolute Gasteiger partial charge is 0.480 e. The molecule has 1 aromatic heterocycles. The fourth-order valence-electron chi connectivity index (χ4n) is 0.765. The zero-order valence-corrected chi connectivity index (χ0v) is 10.0. The van der Waals surface area contributed by atoms with Crippen molar-refractivity contribution in [1.29, 1.82) is 0 Å². The molecule has 0 bridgehead atoms. The third-order valence-corrected chi connectivity index (χ3v) is 2.25. The molecule has 0 fully saturated rings. The van der Waals surface area contributed by atoms with Gasteiger partial charge in [-0.1, -0.05) is 0 Å². The van der Waals surface area contributed by atoms with Crippen molar-refractivity contribution in [3.8, 4) is 17.8 Å². The largest absolute Gasteiger partial charge is 0.512 e. The van der Waals surface area contributed by atoms with Crippen LogP contribution in [-0.2, 0) is 0 Å². The highest BCUT2D eigenvalue weighted by Gasteiger charge is 2.16. The van der Waals surface area contributed by atoms with Crippen LogP contribution in [-0.4, -0.2) is 35.4 Å². The minimum Gasteiger partial charge on any atom is -0.480 e. The average molecular weight is 326 g/mol. The Morgan fingerprint density at radius 1 is 1.27 bits per heavy atom. The number of carbonyl (C=O) groups is 1. The first kappa shape index (κ1) is 11.8. The van der Waals surface area contributed by atoms with E-state index < -0.39 is 6.16 Å². The summed E-state index contributed by atoms with van der Waals surface area (Å²) < 4.78 is 14.4. The van der Waals surface area contributed by atoms with Crippen LogP contribution in [0.25, 0.3) is 0 Å². The Morgan fingerprint density at radius 3 is 2.33 bits per heavy atom. The molecule has 0 saturated carbocycles. The van der Waals surface area contributed by atoms with E-state index in [0.717, 1.165) is 0 Å². The van der Waals surface area contributed by atoms with Crippen molar-refractivity contribution < 1.29 is 24.1 Å². The second-order valence-corrected chi connectivity index (χ2v) is 3.29. The van der Waals surface area contributed by atoms with Gasteiger partial charge in [-0.05, 0) is 22.6 Å².